The van der Waals surface area contributed by atoms with Gasteiger partial charge < -0.3 is 5.73 Å². The van der Waals surface area contributed by atoms with Crippen molar-refractivity contribution in [3.63, 3.8) is 0 Å². The van der Waals surface area contributed by atoms with Gasteiger partial charge in [0.05, 0.1) is 17.2 Å². The topological polar surface area (TPSA) is 55.5 Å². The van der Waals surface area contributed by atoms with Gasteiger partial charge in [0.25, 0.3) is 0 Å². The maximum absolute atomic E-state index is 12.0. The first-order valence-electron chi connectivity index (χ1n) is 8.62. The summed E-state index contributed by atoms with van der Waals surface area (Å²) in [6.45, 7) is 2.10. The van der Waals surface area contributed by atoms with Gasteiger partial charge in [-0.3, -0.25) is 9.79 Å². The van der Waals surface area contributed by atoms with E-state index in [-0.39, 0.29) is 17.4 Å². The van der Waals surface area contributed by atoms with Gasteiger partial charge in [-0.15, -0.1) is 0 Å². The third kappa shape index (κ3) is 2.81. The van der Waals surface area contributed by atoms with E-state index >= 15 is 0 Å². The number of aliphatic imine (C=N–C) groups is 1. The molecule has 0 radical (unpaired) electrons. The summed E-state index contributed by atoms with van der Waals surface area (Å²) in [6.07, 6.45) is 8.83. The van der Waals surface area contributed by atoms with Crippen molar-refractivity contribution < 1.29 is 4.79 Å². The average molecular weight is 298 g/mol. The molecule has 2 N–H and O–H groups in total. The van der Waals surface area contributed by atoms with Crippen LogP contribution in [0.5, 0.6) is 0 Å². The Morgan fingerprint density at radius 2 is 2.00 bits per heavy atom. The first-order chi connectivity index (χ1) is 10.7. The molecule has 1 atom stereocenters. The third-order valence-electron chi connectivity index (χ3n) is 5.21. The molecule has 0 bridgehead atoms. The van der Waals surface area contributed by atoms with Gasteiger partial charge in [-0.25, -0.2) is 0 Å². The maximum Gasteiger partial charge on any atom is 0.226 e. The highest BCUT2D eigenvalue weighted by molar-refractivity contribution is 6.14. The minimum atomic E-state index is -0.245. The number of hydrogen-bond donors (Lipinski definition) is 1. The van der Waals surface area contributed by atoms with Gasteiger partial charge in [0.15, 0.2) is 0 Å². The van der Waals surface area contributed by atoms with Gasteiger partial charge in [0.2, 0.25) is 5.91 Å². The first-order valence-corrected chi connectivity index (χ1v) is 8.62. The minimum Gasteiger partial charge on any atom is -0.369 e. The summed E-state index contributed by atoms with van der Waals surface area (Å²) in [7, 11) is 0. The smallest absolute Gasteiger partial charge is 0.226 e. The molecule has 22 heavy (non-hydrogen) atoms. The Balaban J connectivity index is 2.07. The molecule has 1 aliphatic carbocycles. The summed E-state index contributed by atoms with van der Waals surface area (Å²) in [5, 5.41) is 0. The van der Waals surface area contributed by atoms with Crippen LogP contribution in [0.1, 0.15) is 63.0 Å². The molecule has 1 saturated carbocycles. The molecule has 1 aromatic rings. The Morgan fingerprint density at radius 1 is 1.27 bits per heavy atom. The van der Waals surface area contributed by atoms with E-state index in [2.05, 4.69) is 25.1 Å². The molecule has 0 saturated heterocycles. The van der Waals surface area contributed by atoms with Crippen LogP contribution in [0, 0.1) is 5.92 Å². The summed E-state index contributed by atoms with van der Waals surface area (Å²) < 4.78 is 0. The van der Waals surface area contributed by atoms with E-state index in [1.165, 1.54) is 24.8 Å². The lowest BCUT2D eigenvalue weighted by Crippen LogP contribution is -2.41. The number of carbonyl (C=O) groups excluding carboxylic acids is 1. The summed E-state index contributed by atoms with van der Waals surface area (Å²) in [4.78, 5) is 17.2. The van der Waals surface area contributed by atoms with Crippen molar-refractivity contribution in [2.75, 3.05) is 0 Å². The monoisotopic (exact) mass is 298 g/mol. The number of nitrogens with two attached hydrogens (primary N) is 1. The van der Waals surface area contributed by atoms with Gasteiger partial charge in [0.1, 0.15) is 0 Å². The lowest BCUT2D eigenvalue weighted by atomic mass is 9.73. The highest BCUT2D eigenvalue weighted by Gasteiger charge is 2.38. The van der Waals surface area contributed by atoms with Crippen LogP contribution in [0.15, 0.2) is 29.3 Å². The molecule has 1 heterocycles. The molecule has 2 aliphatic rings. The Labute approximate surface area is 133 Å². The van der Waals surface area contributed by atoms with Crippen LogP contribution in [-0.2, 0) is 11.2 Å². The van der Waals surface area contributed by atoms with Crippen LogP contribution in [0.2, 0.25) is 0 Å². The summed E-state index contributed by atoms with van der Waals surface area (Å²) in [6, 6.07) is 8.44. The van der Waals surface area contributed by atoms with Crippen molar-refractivity contribution in [1.29, 1.82) is 0 Å². The van der Waals surface area contributed by atoms with Crippen LogP contribution in [0.3, 0.4) is 0 Å². The SMILES string of the molecule is CCC[C@H](C(N)=O)C1=NC2(CCCCC2)Cc2ccccc21. The first kappa shape index (κ1) is 15.3. The van der Waals surface area contributed by atoms with E-state index in [1.54, 1.807) is 0 Å². The van der Waals surface area contributed by atoms with Crippen molar-refractivity contribution in [3.05, 3.63) is 35.4 Å². The molecule has 3 heteroatoms. The number of benzene rings is 1. The van der Waals surface area contributed by atoms with Crippen LogP contribution in [0.25, 0.3) is 0 Å². The lowest BCUT2D eigenvalue weighted by Gasteiger charge is -2.39. The Morgan fingerprint density at radius 3 is 2.68 bits per heavy atom. The standard InChI is InChI=1S/C19H26N2O/c1-2-8-16(18(20)22)17-15-10-5-4-9-14(15)13-19(21-17)11-6-3-7-12-19/h4-5,9-10,16H,2-3,6-8,11-13H2,1H3,(H2,20,22)/t16-/m0/s1. The number of rotatable bonds is 4. The van der Waals surface area contributed by atoms with Gasteiger partial charge in [0, 0.05) is 0 Å². The zero-order valence-corrected chi connectivity index (χ0v) is 13.5. The van der Waals surface area contributed by atoms with Crippen molar-refractivity contribution in [1.82, 2.24) is 0 Å². The Bertz CT molecular complexity index is 585. The van der Waals surface area contributed by atoms with E-state index < -0.39 is 0 Å². The van der Waals surface area contributed by atoms with E-state index in [4.69, 9.17) is 10.7 Å². The Hall–Kier alpha value is -1.64. The van der Waals surface area contributed by atoms with Gasteiger partial charge in [-0.2, -0.15) is 0 Å². The van der Waals surface area contributed by atoms with Crippen LogP contribution in [0.4, 0.5) is 0 Å². The van der Waals surface area contributed by atoms with Crippen molar-refractivity contribution in [3.8, 4) is 0 Å². The minimum absolute atomic E-state index is 0.0172. The molecule has 1 amide bonds. The lowest BCUT2D eigenvalue weighted by molar-refractivity contribution is -0.120. The Kier molecular flexibility index (Phi) is 4.32. The average Bonchev–Trinajstić information content (AvgIpc) is 2.52. The van der Waals surface area contributed by atoms with Gasteiger partial charge in [-0.1, -0.05) is 56.9 Å². The van der Waals surface area contributed by atoms with Crippen LogP contribution in [-0.4, -0.2) is 17.2 Å². The van der Waals surface area contributed by atoms with E-state index in [0.717, 1.165) is 43.4 Å². The zero-order valence-electron chi connectivity index (χ0n) is 13.5. The molecule has 118 valence electrons. The summed E-state index contributed by atoms with van der Waals surface area (Å²) in [5.74, 6) is -0.478. The van der Waals surface area contributed by atoms with E-state index in [9.17, 15) is 4.79 Å². The summed E-state index contributed by atoms with van der Waals surface area (Å²) >= 11 is 0. The molecule has 1 aromatic carbocycles. The second-order valence-corrected chi connectivity index (χ2v) is 6.86. The molecule has 0 aromatic heterocycles. The zero-order chi connectivity index (χ0) is 15.6. The van der Waals surface area contributed by atoms with E-state index in [0.29, 0.717) is 0 Å². The second kappa shape index (κ2) is 6.23. The highest BCUT2D eigenvalue weighted by atomic mass is 16.1. The predicted molar refractivity (Wildman–Crippen MR) is 90.1 cm³/mol. The fraction of sp³-hybridized carbons (Fsp3) is 0.579. The van der Waals surface area contributed by atoms with Crippen molar-refractivity contribution in [2.45, 2.75) is 63.8 Å². The fourth-order valence-electron chi connectivity index (χ4n) is 4.10. The van der Waals surface area contributed by atoms with Gasteiger partial charge >= 0.3 is 0 Å². The number of carbonyl (C=O) groups is 1. The summed E-state index contributed by atoms with van der Waals surface area (Å²) in [5.41, 5.74) is 9.18. The normalized spacial score (nSPS) is 21.0. The molecular formula is C19H26N2O. The largest absolute Gasteiger partial charge is 0.369 e. The van der Waals surface area contributed by atoms with E-state index in [1.807, 2.05) is 6.07 Å². The maximum atomic E-state index is 12.0. The number of fused-ring (bicyclic) bond motifs is 1. The second-order valence-electron chi connectivity index (χ2n) is 6.86. The molecule has 3 rings (SSSR count). The molecular weight excluding hydrogens is 272 g/mol. The fourth-order valence-corrected chi connectivity index (χ4v) is 4.10. The molecule has 1 spiro atoms. The molecule has 1 aliphatic heterocycles. The third-order valence-corrected chi connectivity index (χ3v) is 5.21. The number of amides is 1. The number of hydrogen-bond acceptors (Lipinski definition) is 2. The molecule has 1 fully saturated rings. The molecule has 3 nitrogen and oxygen atoms in total. The van der Waals surface area contributed by atoms with Gasteiger partial charge in [-0.05, 0) is 36.8 Å². The molecule has 0 unspecified atom stereocenters. The number of primary amides is 1. The van der Waals surface area contributed by atoms with Crippen molar-refractivity contribution in [2.24, 2.45) is 16.6 Å². The number of nitrogens with zero attached hydrogens (tertiary/aromatic N) is 1. The highest BCUT2D eigenvalue weighted by Crippen LogP contribution is 2.40. The van der Waals surface area contributed by atoms with Crippen LogP contribution >= 0.6 is 0 Å². The predicted octanol–water partition coefficient (Wildman–Crippen LogP) is 3.64. The van der Waals surface area contributed by atoms with Crippen molar-refractivity contribution >= 4 is 11.6 Å². The van der Waals surface area contributed by atoms with Crippen LogP contribution < -0.4 is 5.73 Å². The quantitative estimate of drug-likeness (QED) is 0.906.